The third kappa shape index (κ3) is 4.80. The smallest absolute Gasteiger partial charge is 0.147 e. The van der Waals surface area contributed by atoms with E-state index < -0.39 is 0 Å². The molecule has 10 aromatic carbocycles. The highest BCUT2D eigenvalue weighted by molar-refractivity contribution is 7.25. The summed E-state index contributed by atoms with van der Waals surface area (Å²) < 4.78 is 17.0. The van der Waals surface area contributed by atoms with Gasteiger partial charge in [0.1, 0.15) is 22.5 Å². The van der Waals surface area contributed by atoms with E-state index in [4.69, 9.17) is 8.83 Å². The quantitative estimate of drug-likeness (QED) is 0.167. The summed E-state index contributed by atoms with van der Waals surface area (Å²) >= 11 is 1.86. The van der Waals surface area contributed by atoms with Crippen LogP contribution in [0.4, 0.5) is 0 Å². The number of hydrogen-bond donors (Lipinski definition) is 0. The van der Waals surface area contributed by atoms with Gasteiger partial charge in [0.25, 0.3) is 0 Å². The second kappa shape index (κ2) is 12.5. The Bertz CT molecular complexity index is 3790. The van der Waals surface area contributed by atoms with Crippen molar-refractivity contribution < 1.29 is 8.83 Å². The maximum Gasteiger partial charge on any atom is 0.147 e. The summed E-state index contributed by atoms with van der Waals surface area (Å²) in [5, 5.41) is 12.9. The highest BCUT2D eigenvalue weighted by Gasteiger charge is 2.28. The molecule has 0 saturated carbocycles. The SMILES string of the molecule is c1ccc(-c2c(-c3ccc4ccccc4c3)oc3c(-c4c5ccccc5c(-c5ccc6c(c5)sc5ccccc56)c5ccccc45)c4oc5ccccc5c4cc23)cc1. The number of para-hydroxylation sites is 1. The zero-order valence-corrected chi connectivity index (χ0v) is 32.5. The van der Waals surface area contributed by atoms with Gasteiger partial charge in [-0.15, -0.1) is 11.3 Å². The molecular formula is C56H32O2S. The molecule has 0 spiro atoms. The van der Waals surface area contributed by atoms with E-state index in [9.17, 15) is 0 Å². The lowest BCUT2D eigenvalue weighted by atomic mass is 9.84. The third-order valence-corrected chi connectivity index (χ3v) is 13.4. The van der Waals surface area contributed by atoms with Gasteiger partial charge >= 0.3 is 0 Å². The zero-order chi connectivity index (χ0) is 38.6. The summed E-state index contributed by atoms with van der Waals surface area (Å²) in [6, 6.07) is 70.0. The van der Waals surface area contributed by atoms with Crippen molar-refractivity contribution in [3.63, 3.8) is 0 Å². The van der Waals surface area contributed by atoms with Crippen LogP contribution in [0, 0.1) is 0 Å². The molecule has 59 heavy (non-hydrogen) atoms. The van der Waals surface area contributed by atoms with Gasteiger partial charge in [-0.2, -0.15) is 0 Å². The fourth-order valence-electron chi connectivity index (χ4n) is 9.65. The first-order valence-corrected chi connectivity index (χ1v) is 20.9. The van der Waals surface area contributed by atoms with E-state index in [1.54, 1.807) is 0 Å². The number of thiophene rings is 1. The van der Waals surface area contributed by atoms with Crippen LogP contribution in [0.2, 0.25) is 0 Å². The maximum atomic E-state index is 7.41. The predicted molar refractivity (Wildman–Crippen MR) is 251 cm³/mol. The Morgan fingerprint density at radius 1 is 0.288 bits per heavy atom. The summed E-state index contributed by atoms with van der Waals surface area (Å²) in [5.41, 5.74) is 10.2. The van der Waals surface area contributed by atoms with Crippen molar-refractivity contribution in [1.82, 2.24) is 0 Å². The number of benzene rings is 10. The lowest BCUT2D eigenvalue weighted by molar-refractivity contribution is 0.630. The second-order valence-electron chi connectivity index (χ2n) is 15.5. The van der Waals surface area contributed by atoms with Crippen LogP contribution >= 0.6 is 11.3 Å². The summed E-state index contributed by atoms with van der Waals surface area (Å²) in [7, 11) is 0. The van der Waals surface area contributed by atoms with Crippen LogP contribution in [-0.2, 0) is 0 Å². The standard InChI is InChI=1S/C56H32O2S/c1-2-15-34(16-3-1)51-46-32-45-38-18-10-12-24-47(38)57-55(45)53(56(46)58-54(51)37-27-26-33-14-4-5-17-35(33)30-37)52-43-22-8-6-20-41(43)50(42-21-7-9-23-44(42)52)36-28-29-40-39-19-11-13-25-48(39)59-49(40)31-36/h1-32H. The van der Waals surface area contributed by atoms with Crippen LogP contribution in [0.1, 0.15) is 0 Å². The number of hydrogen-bond acceptors (Lipinski definition) is 3. The number of furan rings is 2. The molecule has 0 aliphatic rings. The molecule has 13 aromatic rings. The Labute approximate surface area is 342 Å². The normalized spacial score (nSPS) is 12.1. The Kier molecular flexibility index (Phi) is 6.92. The molecule has 3 heterocycles. The lowest BCUT2D eigenvalue weighted by Gasteiger charge is -2.18. The van der Waals surface area contributed by atoms with Gasteiger partial charge in [0, 0.05) is 53.0 Å². The van der Waals surface area contributed by atoms with E-state index >= 15 is 0 Å². The van der Waals surface area contributed by atoms with Gasteiger partial charge < -0.3 is 8.83 Å². The van der Waals surface area contributed by atoms with Crippen LogP contribution < -0.4 is 0 Å². The predicted octanol–water partition coefficient (Wildman–Crippen LogP) is 16.8. The van der Waals surface area contributed by atoms with Gasteiger partial charge in [-0.1, -0.05) is 164 Å². The van der Waals surface area contributed by atoms with Crippen molar-refractivity contribution in [1.29, 1.82) is 0 Å². The van der Waals surface area contributed by atoms with E-state index in [1.807, 2.05) is 11.3 Å². The van der Waals surface area contributed by atoms with Gasteiger partial charge in [0.2, 0.25) is 0 Å². The van der Waals surface area contributed by atoms with Crippen molar-refractivity contribution in [2.75, 3.05) is 0 Å². The first-order chi connectivity index (χ1) is 29.3. The van der Waals surface area contributed by atoms with Gasteiger partial charge in [-0.25, -0.2) is 0 Å². The molecule has 3 aromatic heterocycles. The summed E-state index contributed by atoms with van der Waals surface area (Å²) in [6.45, 7) is 0. The molecule has 0 atom stereocenters. The van der Waals surface area contributed by atoms with Crippen LogP contribution in [-0.4, -0.2) is 0 Å². The van der Waals surface area contributed by atoms with Gasteiger partial charge in [0.05, 0.1) is 5.56 Å². The van der Waals surface area contributed by atoms with E-state index in [0.717, 1.165) is 77.3 Å². The molecular weight excluding hydrogens is 737 g/mol. The van der Waals surface area contributed by atoms with Crippen molar-refractivity contribution in [2.24, 2.45) is 0 Å². The Morgan fingerprint density at radius 2 is 0.881 bits per heavy atom. The minimum Gasteiger partial charge on any atom is -0.455 e. The Hall–Kier alpha value is -7.46. The van der Waals surface area contributed by atoms with E-state index in [-0.39, 0.29) is 0 Å². The molecule has 0 aliphatic carbocycles. The topological polar surface area (TPSA) is 26.3 Å². The van der Waals surface area contributed by atoms with Crippen LogP contribution in [0.5, 0.6) is 0 Å². The molecule has 0 amide bonds. The minimum absolute atomic E-state index is 0.813. The monoisotopic (exact) mass is 768 g/mol. The summed E-state index contributed by atoms with van der Waals surface area (Å²) in [5.74, 6) is 0.844. The first kappa shape index (κ1) is 32.6. The molecule has 2 nitrogen and oxygen atoms in total. The van der Waals surface area contributed by atoms with Crippen LogP contribution in [0.15, 0.2) is 203 Å². The van der Waals surface area contributed by atoms with Gasteiger partial charge in [-0.3, -0.25) is 0 Å². The first-order valence-electron chi connectivity index (χ1n) is 20.1. The second-order valence-corrected chi connectivity index (χ2v) is 16.6. The molecule has 0 saturated heterocycles. The lowest BCUT2D eigenvalue weighted by Crippen LogP contribution is -1.92. The molecule has 0 radical (unpaired) electrons. The Balaban J connectivity index is 1.19. The molecule has 13 rings (SSSR count). The van der Waals surface area contributed by atoms with Crippen LogP contribution in [0.25, 0.3) is 130 Å². The van der Waals surface area contributed by atoms with Crippen molar-refractivity contribution in [3.05, 3.63) is 194 Å². The number of fused-ring (bicyclic) bond motifs is 10. The van der Waals surface area contributed by atoms with Gasteiger partial charge in [-0.05, 0) is 79.3 Å². The molecule has 274 valence electrons. The highest BCUT2D eigenvalue weighted by atomic mass is 32.1. The average molecular weight is 769 g/mol. The summed E-state index contributed by atoms with van der Waals surface area (Å²) in [4.78, 5) is 0. The van der Waals surface area contributed by atoms with E-state index in [2.05, 4.69) is 194 Å². The molecule has 0 aliphatic heterocycles. The van der Waals surface area contributed by atoms with E-state index in [1.165, 1.54) is 52.8 Å². The third-order valence-electron chi connectivity index (χ3n) is 12.2. The fraction of sp³-hybridized carbons (Fsp3) is 0. The van der Waals surface area contributed by atoms with Gasteiger partial charge in [0.15, 0.2) is 0 Å². The molecule has 0 unspecified atom stereocenters. The fourth-order valence-corrected chi connectivity index (χ4v) is 10.8. The maximum absolute atomic E-state index is 7.41. The van der Waals surface area contributed by atoms with Crippen molar-refractivity contribution in [3.8, 4) is 44.7 Å². The molecule has 0 fully saturated rings. The molecule has 0 bridgehead atoms. The largest absolute Gasteiger partial charge is 0.455 e. The molecule has 3 heteroatoms. The zero-order valence-electron chi connectivity index (χ0n) is 31.7. The minimum atomic E-state index is 0.813. The van der Waals surface area contributed by atoms with Crippen molar-refractivity contribution >= 4 is 96.7 Å². The summed E-state index contributed by atoms with van der Waals surface area (Å²) in [6.07, 6.45) is 0. The average Bonchev–Trinajstić information content (AvgIpc) is 3.99. The van der Waals surface area contributed by atoms with Crippen molar-refractivity contribution in [2.45, 2.75) is 0 Å². The molecule has 0 N–H and O–H groups in total. The van der Waals surface area contributed by atoms with E-state index in [0.29, 0.717) is 0 Å². The number of rotatable bonds is 4. The van der Waals surface area contributed by atoms with Crippen LogP contribution in [0.3, 0.4) is 0 Å². The Morgan fingerprint density at radius 3 is 1.66 bits per heavy atom. The highest BCUT2D eigenvalue weighted by Crippen LogP contribution is 2.53.